The van der Waals surface area contributed by atoms with E-state index in [0.717, 1.165) is 0 Å². The summed E-state index contributed by atoms with van der Waals surface area (Å²) in [5.41, 5.74) is 6.66. The topological polar surface area (TPSA) is 240 Å². The van der Waals surface area contributed by atoms with Crippen LogP contribution in [0.2, 0.25) is 0 Å². The first-order chi connectivity index (χ1) is 22.8. The molecule has 5 unspecified atom stereocenters. The Hall–Kier alpha value is -5.02. The molecule has 2 aromatic rings. The van der Waals surface area contributed by atoms with Gasteiger partial charge in [0.25, 0.3) is 0 Å². The summed E-state index contributed by atoms with van der Waals surface area (Å²) in [7, 11) is 0. The second-order valence-electron chi connectivity index (χ2n) is 11.9. The van der Waals surface area contributed by atoms with Gasteiger partial charge in [-0.1, -0.05) is 56.3 Å². The number of phenols is 1. The summed E-state index contributed by atoms with van der Waals surface area (Å²) in [5.74, 6) is -5.26. The fourth-order valence-corrected chi connectivity index (χ4v) is 5.37. The highest BCUT2D eigenvalue weighted by Crippen LogP contribution is 2.18. The zero-order valence-electron chi connectivity index (χ0n) is 26.9. The molecule has 5 atom stereocenters. The van der Waals surface area contributed by atoms with Gasteiger partial charge >= 0.3 is 5.97 Å². The zero-order chi connectivity index (χ0) is 35.4. The number of benzene rings is 2. The number of carbonyl (C=O) groups excluding carboxylic acids is 5. The second kappa shape index (κ2) is 17.8. The van der Waals surface area contributed by atoms with Gasteiger partial charge in [0.05, 0.1) is 13.2 Å². The molecule has 0 bridgehead atoms. The zero-order valence-corrected chi connectivity index (χ0v) is 26.9. The molecule has 0 aliphatic carbocycles. The van der Waals surface area contributed by atoms with E-state index in [4.69, 9.17) is 5.73 Å². The number of phenolic OH excluding ortho intramolecular Hbond substituents is 1. The number of aromatic hydroxyl groups is 1. The maximum Gasteiger partial charge on any atom is 0.326 e. The number of carbonyl (C=O) groups is 6. The minimum Gasteiger partial charge on any atom is -0.508 e. The van der Waals surface area contributed by atoms with Crippen LogP contribution in [0.4, 0.5) is 0 Å². The molecule has 0 radical (unpaired) electrons. The van der Waals surface area contributed by atoms with E-state index in [2.05, 4.69) is 21.3 Å². The van der Waals surface area contributed by atoms with Crippen LogP contribution < -0.4 is 27.0 Å². The van der Waals surface area contributed by atoms with Crippen molar-refractivity contribution in [2.45, 2.75) is 69.7 Å². The van der Waals surface area contributed by atoms with E-state index in [0.29, 0.717) is 30.5 Å². The van der Waals surface area contributed by atoms with E-state index in [1.54, 1.807) is 44.2 Å². The lowest BCUT2D eigenvalue weighted by atomic mass is 10.00. The molecule has 1 aliphatic heterocycles. The number of aliphatic hydroxyl groups is 1. The smallest absolute Gasteiger partial charge is 0.326 e. The number of hydrogen-bond donors (Lipinski definition) is 8. The number of carboxylic acid groups (broad SMARTS) is 1. The molecule has 0 saturated carbocycles. The molecule has 3 rings (SSSR count). The molecule has 1 saturated heterocycles. The van der Waals surface area contributed by atoms with Crippen molar-refractivity contribution in [1.82, 2.24) is 26.2 Å². The van der Waals surface area contributed by atoms with E-state index in [1.165, 1.54) is 29.2 Å². The molecule has 15 heteroatoms. The van der Waals surface area contributed by atoms with Crippen molar-refractivity contribution in [3.05, 3.63) is 65.7 Å². The number of nitrogens with two attached hydrogens (primary N) is 1. The first-order valence-corrected chi connectivity index (χ1v) is 15.7. The molecular formula is C33H44N6O9. The molecule has 260 valence electrons. The second-order valence-corrected chi connectivity index (χ2v) is 11.9. The van der Waals surface area contributed by atoms with Crippen LogP contribution in [0.1, 0.15) is 37.8 Å². The number of carboxylic acids is 1. The summed E-state index contributed by atoms with van der Waals surface area (Å²) < 4.78 is 0. The summed E-state index contributed by atoms with van der Waals surface area (Å²) in [6, 6.07) is 8.26. The molecule has 5 amide bonds. The first kappa shape index (κ1) is 37.4. The van der Waals surface area contributed by atoms with E-state index in [-0.39, 0.29) is 31.0 Å². The van der Waals surface area contributed by atoms with Crippen LogP contribution in [0.25, 0.3) is 0 Å². The number of aliphatic carboxylic acids is 1. The lowest BCUT2D eigenvalue weighted by Gasteiger charge is -2.29. The molecule has 9 N–H and O–H groups in total. The van der Waals surface area contributed by atoms with Gasteiger partial charge in [-0.05, 0) is 42.0 Å². The maximum absolute atomic E-state index is 13.6. The number of amides is 5. The molecule has 0 spiro atoms. The van der Waals surface area contributed by atoms with E-state index < -0.39 is 72.3 Å². The quantitative estimate of drug-likeness (QED) is 0.106. The number of hydrogen-bond acceptors (Lipinski definition) is 9. The van der Waals surface area contributed by atoms with E-state index in [1.807, 2.05) is 0 Å². The van der Waals surface area contributed by atoms with Crippen LogP contribution in [0, 0.1) is 5.92 Å². The Kier molecular flexibility index (Phi) is 13.9. The van der Waals surface area contributed by atoms with Crippen LogP contribution >= 0.6 is 0 Å². The molecule has 2 aromatic carbocycles. The minimum absolute atomic E-state index is 0.0269. The average Bonchev–Trinajstić information content (AvgIpc) is 3.56. The highest BCUT2D eigenvalue weighted by atomic mass is 16.4. The van der Waals surface area contributed by atoms with Crippen LogP contribution in [0.3, 0.4) is 0 Å². The Morgan fingerprint density at radius 1 is 0.812 bits per heavy atom. The molecule has 0 aromatic heterocycles. The number of rotatable bonds is 16. The Bertz CT molecular complexity index is 1440. The normalized spacial score (nSPS) is 16.7. The number of nitrogens with one attached hydrogen (secondary N) is 4. The Balaban J connectivity index is 1.77. The molecule has 1 heterocycles. The molecule has 48 heavy (non-hydrogen) atoms. The average molecular weight is 669 g/mol. The van der Waals surface area contributed by atoms with Crippen LogP contribution in [-0.2, 0) is 41.6 Å². The van der Waals surface area contributed by atoms with Crippen molar-refractivity contribution < 1.29 is 44.1 Å². The fraction of sp³-hybridized carbons (Fsp3) is 0.455. The lowest BCUT2D eigenvalue weighted by molar-refractivity contribution is -0.142. The number of likely N-dealkylation sites (tertiary alicyclic amines) is 1. The van der Waals surface area contributed by atoms with Gasteiger partial charge in [0.2, 0.25) is 29.5 Å². The van der Waals surface area contributed by atoms with Crippen LogP contribution in [0.5, 0.6) is 5.75 Å². The minimum atomic E-state index is -1.57. The standard InChI is InChI=1S/C33H44N6O9/c1-19(2)28(38-31(45)26-9-6-14-39(26)27(42)17-34)32(46)35-23(15-21-10-12-22(41)13-11-21)29(43)37-25(18-40)30(44)36-24(33(47)48)16-20-7-4-3-5-8-20/h3-5,7-8,10-13,19,23-26,28,40-41H,6,9,14-18,34H2,1-2H3,(H,35,46)(H,36,44)(H,37,43)(H,38,45)(H,47,48). The van der Waals surface area contributed by atoms with Crippen molar-refractivity contribution in [2.75, 3.05) is 19.7 Å². The van der Waals surface area contributed by atoms with Crippen molar-refractivity contribution in [2.24, 2.45) is 11.7 Å². The molecular weight excluding hydrogens is 624 g/mol. The summed E-state index contributed by atoms with van der Waals surface area (Å²) in [4.78, 5) is 79.0. The molecule has 15 nitrogen and oxygen atoms in total. The number of nitrogens with zero attached hydrogens (tertiary/aromatic N) is 1. The summed E-state index contributed by atoms with van der Waals surface area (Å²) >= 11 is 0. The summed E-state index contributed by atoms with van der Waals surface area (Å²) in [5, 5.41) is 39.4. The van der Waals surface area contributed by atoms with Crippen molar-refractivity contribution in [1.29, 1.82) is 0 Å². The van der Waals surface area contributed by atoms with Crippen molar-refractivity contribution in [3.8, 4) is 5.75 Å². The first-order valence-electron chi connectivity index (χ1n) is 15.7. The van der Waals surface area contributed by atoms with Gasteiger partial charge in [0, 0.05) is 19.4 Å². The third-order valence-corrected chi connectivity index (χ3v) is 8.02. The van der Waals surface area contributed by atoms with E-state index >= 15 is 0 Å². The number of aliphatic hydroxyl groups excluding tert-OH is 1. The maximum atomic E-state index is 13.6. The SMILES string of the molecule is CC(C)C(NC(=O)C1CCCN1C(=O)CN)C(=O)NC(Cc1ccc(O)cc1)C(=O)NC(CO)C(=O)NC(Cc1ccccc1)C(=O)O. The third-order valence-electron chi connectivity index (χ3n) is 8.02. The predicted molar refractivity (Wildman–Crippen MR) is 173 cm³/mol. The monoisotopic (exact) mass is 668 g/mol. The fourth-order valence-electron chi connectivity index (χ4n) is 5.37. The Labute approximate surface area is 278 Å². The molecule has 1 fully saturated rings. The van der Waals surface area contributed by atoms with Crippen molar-refractivity contribution >= 4 is 35.5 Å². The summed E-state index contributed by atoms with van der Waals surface area (Å²) in [6.45, 7) is 2.61. The van der Waals surface area contributed by atoms with Gasteiger partial charge in [-0.25, -0.2) is 4.79 Å². The predicted octanol–water partition coefficient (Wildman–Crippen LogP) is -1.20. The van der Waals surface area contributed by atoms with Gasteiger partial charge in [0.15, 0.2) is 0 Å². The van der Waals surface area contributed by atoms with Crippen molar-refractivity contribution in [3.63, 3.8) is 0 Å². The van der Waals surface area contributed by atoms with Crippen LogP contribution in [0.15, 0.2) is 54.6 Å². The largest absolute Gasteiger partial charge is 0.508 e. The van der Waals surface area contributed by atoms with Gasteiger partial charge in [-0.3, -0.25) is 24.0 Å². The lowest BCUT2D eigenvalue weighted by Crippen LogP contribution is -2.60. The Morgan fingerprint density at radius 3 is 1.96 bits per heavy atom. The van der Waals surface area contributed by atoms with Gasteiger partial charge in [0.1, 0.15) is 36.0 Å². The highest BCUT2D eigenvalue weighted by molar-refractivity contribution is 5.96. The Morgan fingerprint density at radius 2 is 1.38 bits per heavy atom. The molecule has 1 aliphatic rings. The van der Waals surface area contributed by atoms with E-state index in [9.17, 15) is 44.1 Å². The van der Waals surface area contributed by atoms with Crippen LogP contribution in [-0.4, -0.2) is 106 Å². The van der Waals surface area contributed by atoms with Gasteiger partial charge < -0.3 is 47.2 Å². The van der Waals surface area contributed by atoms with Gasteiger partial charge in [-0.2, -0.15) is 0 Å². The third kappa shape index (κ3) is 10.5. The highest BCUT2D eigenvalue weighted by Gasteiger charge is 2.37. The summed E-state index contributed by atoms with van der Waals surface area (Å²) in [6.07, 6.45) is 0.837. The van der Waals surface area contributed by atoms with Gasteiger partial charge in [-0.15, -0.1) is 0 Å².